The molecule has 4 nitrogen and oxygen atoms in total. The second-order valence-electron chi connectivity index (χ2n) is 4.37. The van der Waals surface area contributed by atoms with Crippen LogP contribution in [0.4, 0.5) is 4.39 Å². The van der Waals surface area contributed by atoms with Crippen LogP contribution in [0.1, 0.15) is 18.6 Å². The van der Waals surface area contributed by atoms with Gasteiger partial charge in [-0.15, -0.1) is 5.10 Å². The molecule has 0 aliphatic heterocycles. The molecule has 3 aromatic rings. The molecule has 0 spiro atoms. The fourth-order valence-corrected chi connectivity index (χ4v) is 2.10. The van der Waals surface area contributed by atoms with Crippen LogP contribution in [0.5, 0.6) is 0 Å². The Kier molecular flexibility index (Phi) is 2.76. The minimum Gasteiger partial charge on any atom is -0.389 e. The molecule has 0 aliphatic carbocycles. The third-order valence-electron chi connectivity index (χ3n) is 3.02. The van der Waals surface area contributed by atoms with Gasteiger partial charge in [-0.2, -0.15) is 0 Å². The van der Waals surface area contributed by atoms with Crippen molar-refractivity contribution in [2.75, 3.05) is 0 Å². The molecule has 0 saturated heterocycles. The summed E-state index contributed by atoms with van der Waals surface area (Å²) in [7, 11) is 0. The van der Waals surface area contributed by atoms with Gasteiger partial charge in [-0.05, 0) is 37.3 Å². The molecule has 96 valence electrons. The lowest BCUT2D eigenvalue weighted by molar-refractivity contribution is 0.198. The SMILES string of the molecule is C[C@@H](O)c1cc(F)ccc1-n1nnc2ccccc21. The molecule has 1 aromatic heterocycles. The van der Waals surface area contributed by atoms with Crippen molar-refractivity contribution in [3.63, 3.8) is 0 Å². The Labute approximate surface area is 109 Å². The van der Waals surface area contributed by atoms with Gasteiger partial charge in [0.1, 0.15) is 11.3 Å². The fourth-order valence-electron chi connectivity index (χ4n) is 2.10. The molecule has 0 aliphatic rings. The van der Waals surface area contributed by atoms with Crippen LogP contribution in [0.25, 0.3) is 16.7 Å². The van der Waals surface area contributed by atoms with Gasteiger partial charge in [-0.1, -0.05) is 17.3 Å². The lowest BCUT2D eigenvalue weighted by Crippen LogP contribution is -2.04. The Hall–Kier alpha value is -2.27. The minimum absolute atomic E-state index is 0.385. The summed E-state index contributed by atoms with van der Waals surface area (Å²) in [4.78, 5) is 0. The normalized spacial score (nSPS) is 12.8. The smallest absolute Gasteiger partial charge is 0.123 e. The number of benzene rings is 2. The molecule has 0 amide bonds. The first-order chi connectivity index (χ1) is 9.16. The maximum atomic E-state index is 13.3. The molecule has 19 heavy (non-hydrogen) atoms. The standard InChI is InChI=1S/C14H12FN3O/c1-9(19)11-8-10(15)6-7-13(11)18-14-5-3-2-4-12(14)16-17-18/h2-9,19H,1H3/t9-/m1/s1. The lowest BCUT2D eigenvalue weighted by atomic mass is 10.1. The number of aliphatic hydroxyl groups is 1. The van der Waals surface area contributed by atoms with Crippen molar-refractivity contribution in [2.24, 2.45) is 0 Å². The topological polar surface area (TPSA) is 50.9 Å². The number of aliphatic hydroxyl groups excluding tert-OH is 1. The van der Waals surface area contributed by atoms with E-state index < -0.39 is 6.10 Å². The van der Waals surface area contributed by atoms with Crippen molar-refractivity contribution in [1.29, 1.82) is 0 Å². The van der Waals surface area contributed by atoms with Crippen molar-refractivity contribution in [3.8, 4) is 5.69 Å². The molecule has 0 unspecified atom stereocenters. The highest BCUT2D eigenvalue weighted by atomic mass is 19.1. The van der Waals surface area contributed by atoms with Crippen LogP contribution >= 0.6 is 0 Å². The molecule has 3 rings (SSSR count). The van der Waals surface area contributed by atoms with Gasteiger partial charge in [0.05, 0.1) is 17.3 Å². The predicted octanol–water partition coefficient (Wildman–Crippen LogP) is 2.61. The first-order valence-corrected chi connectivity index (χ1v) is 5.95. The van der Waals surface area contributed by atoms with E-state index in [2.05, 4.69) is 10.3 Å². The third-order valence-corrected chi connectivity index (χ3v) is 3.02. The van der Waals surface area contributed by atoms with E-state index in [1.807, 2.05) is 24.3 Å². The van der Waals surface area contributed by atoms with E-state index in [1.54, 1.807) is 17.7 Å². The Morgan fingerprint density at radius 1 is 1.21 bits per heavy atom. The molecule has 1 atom stereocenters. The summed E-state index contributed by atoms with van der Waals surface area (Å²) in [6, 6.07) is 11.7. The summed E-state index contributed by atoms with van der Waals surface area (Å²) in [6.07, 6.45) is -0.784. The summed E-state index contributed by atoms with van der Waals surface area (Å²) >= 11 is 0. The molecular formula is C14H12FN3O. The molecule has 1 heterocycles. The van der Waals surface area contributed by atoms with Gasteiger partial charge in [-0.3, -0.25) is 0 Å². The number of halogens is 1. The molecule has 1 N–H and O–H groups in total. The maximum absolute atomic E-state index is 13.3. The molecule has 0 fully saturated rings. The largest absolute Gasteiger partial charge is 0.389 e. The predicted molar refractivity (Wildman–Crippen MR) is 69.5 cm³/mol. The van der Waals surface area contributed by atoms with E-state index >= 15 is 0 Å². The number of fused-ring (bicyclic) bond motifs is 1. The first kappa shape index (κ1) is 11.8. The van der Waals surface area contributed by atoms with Gasteiger partial charge in [0.25, 0.3) is 0 Å². The average molecular weight is 257 g/mol. The van der Waals surface area contributed by atoms with Crippen LogP contribution in [-0.2, 0) is 0 Å². The average Bonchev–Trinajstić information content (AvgIpc) is 2.82. The van der Waals surface area contributed by atoms with Gasteiger partial charge in [0.2, 0.25) is 0 Å². The number of hydrogen-bond acceptors (Lipinski definition) is 3. The van der Waals surface area contributed by atoms with Crippen LogP contribution in [0.2, 0.25) is 0 Å². The zero-order valence-corrected chi connectivity index (χ0v) is 10.3. The number of hydrogen-bond donors (Lipinski definition) is 1. The Morgan fingerprint density at radius 3 is 2.79 bits per heavy atom. The second kappa shape index (κ2) is 4.44. The van der Waals surface area contributed by atoms with E-state index in [4.69, 9.17) is 0 Å². The molecule has 2 aromatic carbocycles. The van der Waals surface area contributed by atoms with E-state index in [1.165, 1.54) is 12.1 Å². The molecule has 0 radical (unpaired) electrons. The van der Waals surface area contributed by atoms with E-state index in [0.717, 1.165) is 11.0 Å². The monoisotopic (exact) mass is 257 g/mol. The highest BCUT2D eigenvalue weighted by molar-refractivity contribution is 5.76. The van der Waals surface area contributed by atoms with Gasteiger partial charge in [0, 0.05) is 5.56 Å². The van der Waals surface area contributed by atoms with Gasteiger partial charge in [-0.25, -0.2) is 9.07 Å². The summed E-state index contributed by atoms with van der Waals surface area (Å²) in [5, 5.41) is 17.9. The summed E-state index contributed by atoms with van der Waals surface area (Å²) < 4.78 is 14.9. The Balaban J connectivity index is 2.27. The van der Waals surface area contributed by atoms with Crippen LogP contribution < -0.4 is 0 Å². The quantitative estimate of drug-likeness (QED) is 0.767. The van der Waals surface area contributed by atoms with Gasteiger partial charge >= 0.3 is 0 Å². The summed E-state index contributed by atoms with van der Waals surface area (Å²) in [6.45, 7) is 1.59. The number of nitrogens with zero attached hydrogens (tertiary/aromatic N) is 3. The number of rotatable bonds is 2. The number of aromatic nitrogens is 3. The van der Waals surface area contributed by atoms with Crippen LogP contribution in [0.15, 0.2) is 42.5 Å². The molecule has 5 heteroatoms. The molecule has 0 saturated carbocycles. The van der Waals surface area contributed by atoms with Crippen molar-refractivity contribution < 1.29 is 9.50 Å². The van der Waals surface area contributed by atoms with Crippen molar-refractivity contribution in [2.45, 2.75) is 13.0 Å². The second-order valence-corrected chi connectivity index (χ2v) is 4.37. The zero-order valence-electron chi connectivity index (χ0n) is 10.3. The lowest BCUT2D eigenvalue weighted by Gasteiger charge is -2.12. The Morgan fingerprint density at radius 2 is 2.00 bits per heavy atom. The summed E-state index contributed by atoms with van der Waals surface area (Å²) in [5.74, 6) is -0.385. The van der Waals surface area contributed by atoms with Gasteiger partial charge < -0.3 is 5.11 Å². The van der Waals surface area contributed by atoms with E-state index in [0.29, 0.717) is 11.3 Å². The Bertz CT molecular complexity index is 736. The highest BCUT2D eigenvalue weighted by Gasteiger charge is 2.14. The highest BCUT2D eigenvalue weighted by Crippen LogP contribution is 2.24. The third kappa shape index (κ3) is 1.98. The zero-order chi connectivity index (χ0) is 13.4. The van der Waals surface area contributed by atoms with Crippen LogP contribution in [0.3, 0.4) is 0 Å². The fraction of sp³-hybridized carbons (Fsp3) is 0.143. The van der Waals surface area contributed by atoms with E-state index in [9.17, 15) is 9.50 Å². The molecule has 0 bridgehead atoms. The van der Waals surface area contributed by atoms with Gasteiger partial charge in [0.15, 0.2) is 0 Å². The first-order valence-electron chi connectivity index (χ1n) is 5.95. The van der Waals surface area contributed by atoms with Crippen molar-refractivity contribution in [3.05, 3.63) is 53.8 Å². The van der Waals surface area contributed by atoms with Crippen LogP contribution in [0, 0.1) is 5.82 Å². The van der Waals surface area contributed by atoms with E-state index in [-0.39, 0.29) is 5.82 Å². The minimum atomic E-state index is -0.784. The van der Waals surface area contributed by atoms with Crippen molar-refractivity contribution in [1.82, 2.24) is 15.0 Å². The molecular weight excluding hydrogens is 245 g/mol. The summed E-state index contributed by atoms with van der Waals surface area (Å²) in [5.41, 5.74) is 2.68. The van der Waals surface area contributed by atoms with Crippen molar-refractivity contribution >= 4 is 11.0 Å². The van der Waals surface area contributed by atoms with Crippen LogP contribution in [-0.4, -0.2) is 20.1 Å². The number of para-hydroxylation sites is 1. The maximum Gasteiger partial charge on any atom is 0.123 e.